The first-order chi connectivity index (χ1) is 16.8. The van der Waals surface area contributed by atoms with Crippen LogP contribution < -0.4 is 5.32 Å². The van der Waals surface area contributed by atoms with E-state index in [0.717, 1.165) is 5.56 Å². The Morgan fingerprint density at radius 2 is 1.74 bits per heavy atom. The number of carbonyl (C=O) groups excluding carboxylic acids is 2. The number of rotatable bonds is 9. The number of ether oxygens (including phenoxy) is 1. The molecule has 0 spiro atoms. The van der Waals surface area contributed by atoms with Gasteiger partial charge in [0.25, 0.3) is 5.91 Å². The van der Waals surface area contributed by atoms with Crippen LogP contribution in [0.3, 0.4) is 0 Å². The van der Waals surface area contributed by atoms with Gasteiger partial charge in [-0.15, -0.1) is 0 Å². The summed E-state index contributed by atoms with van der Waals surface area (Å²) in [6.45, 7) is 5.59. The topological polar surface area (TPSA) is 114 Å². The number of amides is 1. The molecule has 0 saturated carbocycles. The summed E-state index contributed by atoms with van der Waals surface area (Å²) in [6, 6.07) is 17.7. The van der Waals surface area contributed by atoms with Gasteiger partial charge >= 0.3 is 11.9 Å². The minimum atomic E-state index is -0.795. The number of aliphatic imine (C=N–C) groups is 1. The van der Waals surface area contributed by atoms with Crippen LogP contribution in [0.4, 0.5) is 0 Å². The zero-order chi connectivity index (χ0) is 25.4. The number of oxazole rings is 1. The van der Waals surface area contributed by atoms with Crippen molar-refractivity contribution in [3.63, 3.8) is 0 Å². The van der Waals surface area contributed by atoms with E-state index < -0.39 is 23.9 Å². The number of benzene rings is 2. The largest absolute Gasteiger partial charge is 0.479 e. The van der Waals surface area contributed by atoms with Gasteiger partial charge in [-0.3, -0.25) is 9.79 Å². The van der Waals surface area contributed by atoms with Crippen molar-refractivity contribution in [1.82, 2.24) is 10.3 Å². The molecule has 0 bridgehead atoms. The van der Waals surface area contributed by atoms with Gasteiger partial charge in [-0.1, -0.05) is 62.4 Å². The van der Waals surface area contributed by atoms with Crippen molar-refractivity contribution in [2.24, 2.45) is 10.9 Å². The Kier molecular flexibility index (Phi) is 8.56. The molecule has 0 saturated heterocycles. The lowest BCUT2D eigenvalue weighted by Crippen LogP contribution is -2.30. The highest BCUT2D eigenvalue weighted by molar-refractivity contribution is 6.24. The minimum absolute atomic E-state index is 0.0717. The van der Waals surface area contributed by atoms with Crippen LogP contribution in [0.5, 0.6) is 5.95 Å². The van der Waals surface area contributed by atoms with E-state index in [0.29, 0.717) is 11.3 Å². The maximum atomic E-state index is 13.2. The summed E-state index contributed by atoms with van der Waals surface area (Å²) in [7, 11) is 1.30. The first-order valence-electron chi connectivity index (χ1n) is 11.2. The fourth-order valence-corrected chi connectivity index (χ4v) is 3.34. The number of nitrogens with one attached hydrogen (secondary N) is 1. The van der Waals surface area contributed by atoms with E-state index in [-0.39, 0.29) is 29.6 Å². The monoisotopic (exact) mass is 475 g/mol. The fourth-order valence-electron chi connectivity index (χ4n) is 3.34. The number of carbonyl (C=O) groups is 2. The standard InChI is InChI=1S/C27H29N3O5/c1-17(2)23(27(33)34-4)29-18(3)21(24(31)28-16-19-11-7-5-8-12-19)15-22-26(32)35-25(30-22)20-13-9-6-10-14-20/h5-15,17,23,32H,16H2,1-4H3,(H,28,31)/b21-15-,29-18?/t23-/m0/s1. The molecule has 2 N–H and O–H groups in total. The molecule has 0 radical (unpaired) electrons. The fraction of sp³-hybridized carbons (Fsp3) is 0.259. The third kappa shape index (κ3) is 6.66. The summed E-state index contributed by atoms with van der Waals surface area (Å²) < 4.78 is 10.3. The number of hydrogen-bond acceptors (Lipinski definition) is 7. The Labute approximate surface area is 204 Å². The molecule has 182 valence electrons. The molecule has 0 fully saturated rings. The van der Waals surface area contributed by atoms with Crippen LogP contribution in [0.2, 0.25) is 0 Å². The molecule has 1 aromatic heterocycles. The van der Waals surface area contributed by atoms with Gasteiger partial charge in [0.15, 0.2) is 0 Å². The lowest BCUT2D eigenvalue weighted by molar-refractivity contribution is -0.143. The maximum absolute atomic E-state index is 13.2. The average molecular weight is 476 g/mol. The molecule has 1 amide bonds. The number of aromatic hydroxyl groups is 1. The van der Waals surface area contributed by atoms with E-state index in [9.17, 15) is 14.7 Å². The van der Waals surface area contributed by atoms with Crippen LogP contribution in [0, 0.1) is 5.92 Å². The lowest BCUT2D eigenvalue weighted by Gasteiger charge is -2.16. The van der Waals surface area contributed by atoms with Crippen LogP contribution >= 0.6 is 0 Å². The van der Waals surface area contributed by atoms with Crippen LogP contribution in [0.25, 0.3) is 17.5 Å². The van der Waals surface area contributed by atoms with E-state index in [4.69, 9.17) is 9.15 Å². The van der Waals surface area contributed by atoms with Crippen LogP contribution in [-0.4, -0.2) is 40.8 Å². The van der Waals surface area contributed by atoms with Crippen LogP contribution in [-0.2, 0) is 20.9 Å². The van der Waals surface area contributed by atoms with Crippen molar-refractivity contribution in [2.75, 3.05) is 7.11 Å². The predicted molar refractivity (Wildman–Crippen MR) is 134 cm³/mol. The third-order valence-electron chi connectivity index (χ3n) is 5.27. The summed E-state index contributed by atoms with van der Waals surface area (Å²) >= 11 is 0. The zero-order valence-electron chi connectivity index (χ0n) is 20.2. The van der Waals surface area contributed by atoms with Gasteiger partial charge in [-0.25, -0.2) is 9.78 Å². The Bertz CT molecular complexity index is 1210. The SMILES string of the molecule is COC(=O)[C@@H](N=C(C)/C(=C/c1nc(-c2ccccc2)oc1O)C(=O)NCc1ccccc1)C(C)C. The van der Waals surface area contributed by atoms with Crippen molar-refractivity contribution in [1.29, 1.82) is 0 Å². The highest BCUT2D eigenvalue weighted by atomic mass is 16.5. The molecule has 8 heteroatoms. The zero-order valence-corrected chi connectivity index (χ0v) is 20.2. The molecule has 0 unspecified atom stereocenters. The highest BCUT2D eigenvalue weighted by Gasteiger charge is 2.25. The molecule has 2 aromatic carbocycles. The Balaban J connectivity index is 1.99. The number of aromatic nitrogens is 1. The second-order valence-electron chi connectivity index (χ2n) is 8.23. The molecule has 8 nitrogen and oxygen atoms in total. The van der Waals surface area contributed by atoms with Gasteiger partial charge in [0.2, 0.25) is 5.89 Å². The average Bonchev–Trinajstić information content (AvgIpc) is 3.24. The number of methoxy groups -OCH3 is 1. The summed E-state index contributed by atoms with van der Waals surface area (Å²) in [4.78, 5) is 34.3. The van der Waals surface area contributed by atoms with Gasteiger partial charge in [0.05, 0.1) is 12.7 Å². The van der Waals surface area contributed by atoms with Crippen molar-refractivity contribution >= 4 is 23.7 Å². The van der Waals surface area contributed by atoms with Gasteiger partial charge in [0.1, 0.15) is 11.7 Å². The highest BCUT2D eigenvalue weighted by Crippen LogP contribution is 2.28. The van der Waals surface area contributed by atoms with Crippen molar-refractivity contribution in [3.8, 4) is 17.4 Å². The molecule has 3 aromatic rings. The summed E-state index contributed by atoms with van der Waals surface area (Å²) in [5.74, 6) is -1.32. The smallest absolute Gasteiger partial charge is 0.330 e. The molecule has 1 heterocycles. The summed E-state index contributed by atoms with van der Waals surface area (Å²) in [5.41, 5.74) is 2.10. The minimum Gasteiger partial charge on any atom is -0.479 e. The van der Waals surface area contributed by atoms with Gasteiger partial charge in [-0.05, 0) is 36.6 Å². The Hall–Kier alpha value is -4.20. The molecule has 0 aliphatic carbocycles. The van der Waals surface area contributed by atoms with Gasteiger partial charge < -0.3 is 19.6 Å². The quantitative estimate of drug-likeness (QED) is 0.269. The normalized spacial score (nSPS) is 12.9. The van der Waals surface area contributed by atoms with Gasteiger partial charge in [0, 0.05) is 17.8 Å². The molecule has 3 rings (SSSR count). The van der Waals surface area contributed by atoms with E-state index in [2.05, 4.69) is 15.3 Å². The van der Waals surface area contributed by atoms with E-state index in [1.54, 1.807) is 19.1 Å². The van der Waals surface area contributed by atoms with E-state index in [1.165, 1.54) is 13.2 Å². The lowest BCUT2D eigenvalue weighted by atomic mass is 10.0. The Morgan fingerprint density at radius 1 is 1.11 bits per heavy atom. The summed E-state index contributed by atoms with van der Waals surface area (Å²) in [5, 5.41) is 13.2. The van der Waals surface area contributed by atoms with Crippen molar-refractivity contribution in [2.45, 2.75) is 33.4 Å². The molecular formula is C27H29N3O5. The Morgan fingerprint density at radius 3 is 2.34 bits per heavy atom. The number of hydrogen-bond donors (Lipinski definition) is 2. The second kappa shape index (κ2) is 11.8. The molecule has 1 atom stereocenters. The molecule has 35 heavy (non-hydrogen) atoms. The van der Waals surface area contributed by atoms with Crippen LogP contribution in [0.1, 0.15) is 32.0 Å². The number of nitrogens with zero attached hydrogens (tertiary/aromatic N) is 2. The van der Waals surface area contributed by atoms with Crippen molar-refractivity contribution in [3.05, 3.63) is 77.5 Å². The molecule has 0 aliphatic rings. The van der Waals surface area contributed by atoms with Crippen LogP contribution in [0.15, 0.2) is 75.6 Å². The molecular weight excluding hydrogens is 446 g/mol. The van der Waals surface area contributed by atoms with E-state index in [1.807, 2.05) is 62.4 Å². The predicted octanol–water partition coefficient (Wildman–Crippen LogP) is 4.41. The van der Waals surface area contributed by atoms with E-state index >= 15 is 0 Å². The second-order valence-corrected chi connectivity index (χ2v) is 8.23. The first kappa shape index (κ1) is 25.4. The maximum Gasteiger partial charge on any atom is 0.330 e. The first-order valence-corrected chi connectivity index (χ1v) is 11.2. The van der Waals surface area contributed by atoms with Gasteiger partial charge in [-0.2, -0.15) is 0 Å². The third-order valence-corrected chi connectivity index (χ3v) is 5.27. The van der Waals surface area contributed by atoms with Crippen molar-refractivity contribution < 1.29 is 23.8 Å². The number of esters is 1. The summed E-state index contributed by atoms with van der Waals surface area (Å²) in [6.07, 6.45) is 1.40. The molecule has 0 aliphatic heterocycles.